The lowest BCUT2D eigenvalue weighted by Gasteiger charge is -2.37. The normalized spacial score (nSPS) is 26.6. The van der Waals surface area contributed by atoms with Gasteiger partial charge in [-0.15, -0.1) is 0 Å². The van der Waals surface area contributed by atoms with Gasteiger partial charge in [0.25, 0.3) is 0 Å². The maximum atomic E-state index is 13.5. The summed E-state index contributed by atoms with van der Waals surface area (Å²) in [6.45, 7) is 2.36. The average Bonchev–Trinajstić information content (AvgIpc) is 2.71. The molecule has 2 aliphatic rings. The van der Waals surface area contributed by atoms with E-state index < -0.39 is 0 Å². The van der Waals surface area contributed by atoms with Crippen molar-refractivity contribution in [1.29, 1.82) is 0 Å². The first-order valence-electron chi connectivity index (χ1n) is 10.4. The van der Waals surface area contributed by atoms with Crippen LogP contribution >= 0.6 is 0 Å². The molecular weight excluding hydrogens is 401 g/mol. The molecule has 1 aromatic heterocycles. The number of benzene rings is 1. The van der Waals surface area contributed by atoms with Crippen LogP contribution in [0, 0.1) is 5.82 Å². The van der Waals surface area contributed by atoms with Gasteiger partial charge in [-0.2, -0.15) is 15.0 Å². The number of hydrogen-bond acceptors (Lipinski definition) is 11. The minimum Gasteiger partial charge on any atom is -0.338 e. The van der Waals surface area contributed by atoms with Crippen LogP contribution in [0.3, 0.4) is 0 Å². The molecule has 0 spiro atoms. The monoisotopic (exact) mass is 431 g/mol. The van der Waals surface area contributed by atoms with Crippen molar-refractivity contribution in [1.82, 2.24) is 15.0 Å². The van der Waals surface area contributed by atoms with Crippen LogP contribution in [0.4, 0.5) is 27.9 Å². The number of piperidine rings is 2. The molecule has 4 rings (SSSR count). The van der Waals surface area contributed by atoms with Crippen molar-refractivity contribution in [3.05, 3.63) is 30.1 Å². The van der Waals surface area contributed by atoms with Crippen molar-refractivity contribution in [2.75, 3.05) is 46.8 Å². The Hall–Kier alpha value is -2.80. The van der Waals surface area contributed by atoms with Gasteiger partial charge in [0.15, 0.2) is 0 Å². The number of nitrogens with one attached hydrogen (secondary N) is 2. The number of nitrogens with zero attached hydrogens (tertiary/aromatic N) is 5. The molecule has 0 radical (unpaired) electrons. The Morgan fingerprint density at radius 1 is 0.774 bits per heavy atom. The van der Waals surface area contributed by atoms with Crippen molar-refractivity contribution >= 4 is 23.5 Å². The Labute approximate surface area is 180 Å². The lowest BCUT2D eigenvalue weighted by molar-refractivity contribution is 0.441. The van der Waals surface area contributed by atoms with Crippen LogP contribution in [0.2, 0.25) is 0 Å². The first-order chi connectivity index (χ1) is 14.9. The lowest BCUT2D eigenvalue weighted by atomic mass is 10.0. The molecule has 0 unspecified atom stereocenters. The van der Waals surface area contributed by atoms with E-state index in [2.05, 4.69) is 25.8 Å². The molecule has 0 amide bonds. The van der Waals surface area contributed by atoms with Gasteiger partial charge in [0, 0.05) is 50.3 Å². The molecule has 11 nitrogen and oxygen atoms in total. The highest BCUT2D eigenvalue weighted by Gasteiger charge is 2.28. The van der Waals surface area contributed by atoms with Crippen LogP contribution in [-0.4, -0.2) is 65.3 Å². The van der Waals surface area contributed by atoms with E-state index in [4.69, 9.17) is 22.9 Å². The second-order valence-electron chi connectivity index (χ2n) is 8.34. The Morgan fingerprint density at radius 2 is 1.29 bits per heavy atom. The van der Waals surface area contributed by atoms with E-state index in [1.165, 1.54) is 12.1 Å². The number of rotatable bonds is 5. The molecular formula is C19H30FN11. The SMILES string of the molecule is N[C@@H]1C[C@H](N)CN(c2nc(NNc3cccc(F)c3)nc(N3C[C@H](N)C[C@H](N)C3)n2)C1. The molecule has 1 aromatic carbocycles. The Kier molecular flexibility index (Phi) is 6.32. The number of hydrazine groups is 1. The third-order valence-corrected chi connectivity index (χ3v) is 5.35. The molecule has 12 heteroatoms. The molecule has 168 valence electrons. The van der Waals surface area contributed by atoms with Crippen LogP contribution in [-0.2, 0) is 0 Å². The average molecular weight is 432 g/mol. The Morgan fingerprint density at radius 3 is 1.77 bits per heavy atom. The predicted molar refractivity (Wildman–Crippen MR) is 119 cm³/mol. The fourth-order valence-corrected chi connectivity index (χ4v) is 4.07. The van der Waals surface area contributed by atoms with E-state index in [1.54, 1.807) is 12.1 Å². The highest BCUT2D eigenvalue weighted by molar-refractivity contribution is 5.51. The summed E-state index contributed by atoms with van der Waals surface area (Å²) >= 11 is 0. The molecule has 2 saturated heterocycles. The molecule has 0 bridgehead atoms. The van der Waals surface area contributed by atoms with E-state index in [1.807, 2.05) is 9.80 Å². The van der Waals surface area contributed by atoms with Gasteiger partial charge in [-0.1, -0.05) is 6.07 Å². The smallest absolute Gasteiger partial charge is 0.248 e. The second-order valence-corrected chi connectivity index (χ2v) is 8.34. The van der Waals surface area contributed by atoms with E-state index in [-0.39, 0.29) is 35.9 Å². The zero-order chi connectivity index (χ0) is 22.0. The predicted octanol–water partition coefficient (Wildman–Crippen LogP) is -0.821. The molecule has 0 saturated carbocycles. The van der Waals surface area contributed by atoms with Crippen LogP contribution < -0.4 is 43.6 Å². The summed E-state index contributed by atoms with van der Waals surface area (Å²) in [7, 11) is 0. The molecule has 4 atom stereocenters. The van der Waals surface area contributed by atoms with Crippen LogP contribution in [0.25, 0.3) is 0 Å². The second kappa shape index (κ2) is 9.14. The summed E-state index contributed by atoms with van der Waals surface area (Å²) < 4.78 is 13.5. The van der Waals surface area contributed by atoms with E-state index in [0.717, 1.165) is 12.8 Å². The summed E-state index contributed by atoms with van der Waals surface area (Å²) in [6.07, 6.45) is 1.49. The quantitative estimate of drug-likeness (QED) is 0.326. The van der Waals surface area contributed by atoms with Crippen molar-refractivity contribution in [3.63, 3.8) is 0 Å². The largest absolute Gasteiger partial charge is 0.338 e. The summed E-state index contributed by atoms with van der Waals surface area (Å²) in [5.74, 6) is 0.861. The molecule has 2 fully saturated rings. The van der Waals surface area contributed by atoms with E-state index in [9.17, 15) is 4.39 Å². The molecule has 31 heavy (non-hydrogen) atoms. The number of aromatic nitrogens is 3. The molecule has 3 heterocycles. The third kappa shape index (κ3) is 5.47. The third-order valence-electron chi connectivity index (χ3n) is 5.35. The summed E-state index contributed by atoms with van der Waals surface area (Å²) in [6, 6.07) is 5.80. The highest BCUT2D eigenvalue weighted by atomic mass is 19.1. The zero-order valence-electron chi connectivity index (χ0n) is 17.3. The van der Waals surface area contributed by atoms with E-state index in [0.29, 0.717) is 43.8 Å². The zero-order valence-corrected chi connectivity index (χ0v) is 17.3. The van der Waals surface area contributed by atoms with Gasteiger partial charge < -0.3 is 32.7 Å². The molecule has 0 aliphatic carbocycles. The lowest BCUT2D eigenvalue weighted by Crippen LogP contribution is -2.54. The highest BCUT2D eigenvalue weighted by Crippen LogP contribution is 2.22. The number of anilines is 4. The summed E-state index contributed by atoms with van der Waals surface area (Å²) in [5, 5.41) is 0. The van der Waals surface area contributed by atoms with Gasteiger partial charge in [0.2, 0.25) is 17.8 Å². The Balaban J connectivity index is 1.61. The first-order valence-corrected chi connectivity index (χ1v) is 10.4. The van der Waals surface area contributed by atoms with Crippen molar-refractivity contribution in [3.8, 4) is 0 Å². The fraction of sp³-hybridized carbons (Fsp3) is 0.526. The van der Waals surface area contributed by atoms with Crippen molar-refractivity contribution in [2.24, 2.45) is 22.9 Å². The first kappa shape index (κ1) is 21.4. The van der Waals surface area contributed by atoms with Gasteiger partial charge in [0.05, 0.1) is 5.69 Å². The van der Waals surface area contributed by atoms with Crippen LogP contribution in [0.15, 0.2) is 24.3 Å². The molecule has 2 aliphatic heterocycles. The van der Waals surface area contributed by atoms with Crippen LogP contribution in [0.1, 0.15) is 12.8 Å². The van der Waals surface area contributed by atoms with Gasteiger partial charge >= 0.3 is 0 Å². The minimum absolute atomic E-state index is 0.0670. The fourth-order valence-electron chi connectivity index (χ4n) is 4.07. The maximum Gasteiger partial charge on any atom is 0.248 e. The number of halogens is 1. The minimum atomic E-state index is -0.351. The maximum absolute atomic E-state index is 13.5. The summed E-state index contributed by atoms with van der Waals surface area (Å²) in [4.78, 5) is 17.7. The molecule has 2 aromatic rings. The van der Waals surface area contributed by atoms with Gasteiger partial charge in [0.1, 0.15) is 5.82 Å². The number of hydrogen-bond donors (Lipinski definition) is 6. The number of nitrogens with two attached hydrogens (primary N) is 4. The van der Waals surface area contributed by atoms with E-state index >= 15 is 0 Å². The Bertz CT molecular complexity index is 833. The summed E-state index contributed by atoms with van der Waals surface area (Å²) in [5.41, 5.74) is 31.0. The van der Waals surface area contributed by atoms with Crippen LogP contribution in [0.5, 0.6) is 0 Å². The molecule has 10 N–H and O–H groups in total. The standard InChI is InChI=1S/C19H30FN11/c20-11-2-1-3-16(4-11)28-29-17-25-18(30-7-12(21)5-13(22)8-30)27-19(26-17)31-9-14(23)6-15(24)10-31/h1-4,12-15,28H,5-10,21-24H2,(H,25,26,27,29)/t12-,13+,14-,15+. The van der Waals surface area contributed by atoms with Crippen molar-refractivity contribution in [2.45, 2.75) is 37.0 Å². The van der Waals surface area contributed by atoms with Gasteiger partial charge in [-0.25, -0.2) is 4.39 Å². The van der Waals surface area contributed by atoms with Gasteiger partial charge in [-0.05, 0) is 31.0 Å². The van der Waals surface area contributed by atoms with Crippen molar-refractivity contribution < 1.29 is 4.39 Å². The topological polar surface area (TPSA) is 173 Å². The van der Waals surface area contributed by atoms with Gasteiger partial charge in [-0.3, -0.25) is 10.9 Å².